The Morgan fingerprint density at radius 1 is 0.767 bits per heavy atom. The number of hydrogen-bond acceptors (Lipinski definition) is 8. The third kappa shape index (κ3) is 19.2. The van der Waals surface area contributed by atoms with Crippen LogP contribution in [-0.2, 0) is 14.3 Å². The summed E-state index contributed by atoms with van der Waals surface area (Å²) in [6.07, 6.45) is 15.2. The van der Waals surface area contributed by atoms with Gasteiger partial charge in [-0.3, -0.25) is 9.59 Å². The van der Waals surface area contributed by atoms with E-state index in [9.17, 15) is 14.4 Å². The summed E-state index contributed by atoms with van der Waals surface area (Å²) >= 11 is 3.78. The fraction of sp³-hybridized carbons (Fsp3) is 0.727. The van der Waals surface area contributed by atoms with Crippen molar-refractivity contribution in [3.63, 3.8) is 0 Å². The molecule has 0 aromatic heterocycles. The van der Waals surface area contributed by atoms with Crippen molar-refractivity contribution in [3.05, 3.63) is 29.8 Å². The normalized spacial score (nSPS) is 11.8. The van der Waals surface area contributed by atoms with Crippen molar-refractivity contribution < 1.29 is 23.9 Å². The minimum atomic E-state index is -0.454. The van der Waals surface area contributed by atoms with Gasteiger partial charge in [0.05, 0.1) is 0 Å². The second kappa shape index (κ2) is 25.4. The van der Waals surface area contributed by atoms with Crippen molar-refractivity contribution in [1.29, 1.82) is 0 Å². The number of unbranched alkanes of at least 4 members (excludes halogenated alkanes) is 6. The molecule has 10 heteroatoms. The molecule has 0 N–H and O–H groups in total. The van der Waals surface area contributed by atoms with E-state index in [1.54, 1.807) is 24.1 Å². The number of carbonyl (C=O) groups excluding carboxylic acids is 3. The van der Waals surface area contributed by atoms with Crippen LogP contribution in [0.2, 0.25) is 0 Å². The Balaban J connectivity index is 2.61. The Bertz CT molecular complexity index is 857. The molecule has 8 nitrogen and oxygen atoms in total. The van der Waals surface area contributed by atoms with Crippen molar-refractivity contribution in [1.82, 2.24) is 14.7 Å². The summed E-state index contributed by atoms with van der Waals surface area (Å²) in [6.45, 7) is 3.61. The first-order chi connectivity index (χ1) is 20.8. The van der Waals surface area contributed by atoms with Crippen LogP contribution in [-0.4, -0.2) is 105 Å². The van der Waals surface area contributed by atoms with Gasteiger partial charge in [0.25, 0.3) is 6.47 Å². The van der Waals surface area contributed by atoms with Gasteiger partial charge < -0.3 is 24.2 Å². The molecule has 0 saturated carbocycles. The second-order valence-electron chi connectivity index (χ2n) is 11.3. The molecular weight excluding hydrogens is 583 g/mol. The molecule has 0 spiro atoms. The molecule has 2 amide bonds. The lowest BCUT2D eigenvalue weighted by Crippen LogP contribution is -2.33. The van der Waals surface area contributed by atoms with Crippen molar-refractivity contribution in [2.75, 3.05) is 71.3 Å². The van der Waals surface area contributed by atoms with Gasteiger partial charge in [-0.25, -0.2) is 4.79 Å². The van der Waals surface area contributed by atoms with E-state index in [2.05, 4.69) is 22.3 Å². The van der Waals surface area contributed by atoms with Crippen LogP contribution >= 0.6 is 23.5 Å². The lowest BCUT2D eigenvalue weighted by molar-refractivity contribution is -0.134. The maximum absolute atomic E-state index is 13.2. The molecule has 0 radical (unpaired) electrons. The number of ether oxygens (including phenoxy) is 2. The minimum absolute atomic E-state index is 0.190. The van der Waals surface area contributed by atoms with E-state index >= 15 is 0 Å². The number of rotatable bonds is 26. The zero-order valence-electron chi connectivity index (χ0n) is 27.4. The van der Waals surface area contributed by atoms with Crippen LogP contribution in [0.1, 0.15) is 88.7 Å². The third-order valence-electron chi connectivity index (χ3n) is 7.35. The van der Waals surface area contributed by atoms with E-state index in [0.717, 1.165) is 57.3 Å². The largest absolute Gasteiger partial charge is 0.460 e. The minimum Gasteiger partial charge on any atom is -0.460 e. The monoisotopic (exact) mass is 639 g/mol. The van der Waals surface area contributed by atoms with Gasteiger partial charge in [0.2, 0.25) is 5.91 Å². The second-order valence-corrected chi connectivity index (χ2v) is 13.3. The Hall–Kier alpha value is -1.91. The lowest BCUT2D eigenvalue weighted by Gasteiger charge is -2.23. The molecule has 1 aromatic rings. The van der Waals surface area contributed by atoms with Crippen LogP contribution in [0.3, 0.4) is 0 Å². The fourth-order valence-electron chi connectivity index (χ4n) is 4.79. The van der Waals surface area contributed by atoms with Crippen LogP contribution < -0.4 is 4.74 Å². The van der Waals surface area contributed by atoms with Crippen molar-refractivity contribution in [2.45, 2.75) is 83.2 Å². The van der Waals surface area contributed by atoms with Gasteiger partial charge in [0.15, 0.2) is 0 Å². The summed E-state index contributed by atoms with van der Waals surface area (Å²) in [5.74, 6) is 3.03. The maximum Gasteiger partial charge on any atom is 0.414 e. The molecule has 1 atom stereocenters. The summed E-state index contributed by atoms with van der Waals surface area (Å²) in [4.78, 5) is 42.6. The first-order valence-corrected chi connectivity index (χ1v) is 18.6. The average Bonchev–Trinajstić information content (AvgIpc) is 2.99. The Kier molecular flexibility index (Phi) is 23.1. The highest BCUT2D eigenvalue weighted by atomic mass is 32.2. The molecule has 0 heterocycles. The summed E-state index contributed by atoms with van der Waals surface area (Å²) in [5, 5.41) is 0. The number of carbonyl (C=O) groups is 3. The Morgan fingerprint density at radius 3 is 1.88 bits per heavy atom. The number of nitrogens with zero attached hydrogens (tertiary/aromatic N) is 3. The highest BCUT2D eigenvalue weighted by Crippen LogP contribution is 2.26. The van der Waals surface area contributed by atoms with Gasteiger partial charge in [-0.05, 0) is 107 Å². The number of thioether (sulfide) groups is 2. The zero-order valence-corrected chi connectivity index (χ0v) is 29.0. The number of hydrogen-bond donors (Lipinski definition) is 0. The van der Waals surface area contributed by atoms with E-state index in [0.29, 0.717) is 38.0 Å². The molecule has 1 unspecified atom stereocenters. The van der Waals surface area contributed by atoms with Gasteiger partial charge in [-0.1, -0.05) is 37.8 Å². The molecule has 0 saturated heterocycles. The summed E-state index contributed by atoms with van der Waals surface area (Å²) in [5.41, 5.74) is 0.811. The SMILES string of the molecule is CSCCCCCCN(CCCCCCSC)C(=O)CCCC(OC=O)c1ccc(OC(=O)N(C)CCCN(C)C)cc1. The third-order valence-corrected chi connectivity index (χ3v) is 8.74. The molecule has 0 fully saturated rings. The predicted molar refractivity (Wildman–Crippen MR) is 182 cm³/mol. The van der Waals surface area contributed by atoms with Crippen molar-refractivity contribution >= 4 is 42.0 Å². The van der Waals surface area contributed by atoms with Gasteiger partial charge >= 0.3 is 6.09 Å². The van der Waals surface area contributed by atoms with E-state index in [-0.39, 0.29) is 5.91 Å². The first kappa shape index (κ1) is 39.1. The average molecular weight is 640 g/mol. The molecule has 0 bridgehead atoms. The van der Waals surface area contributed by atoms with Crippen LogP contribution in [0.4, 0.5) is 4.79 Å². The highest BCUT2D eigenvalue weighted by Gasteiger charge is 2.18. The Labute approximate surface area is 270 Å². The molecule has 1 rings (SSSR count). The van der Waals surface area contributed by atoms with Gasteiger partial charge in [-0.2, -0.15) is 23.5 Å². The van der Waals surface area contributed by atoms with Crippen molar-refractivity contribution in [2.24, 2.45) is 0 Å². The summed E-state index contributed by atoms with van der Waals surface area (Å²) < 4.78 is 10.9. The topological polar surface area (TPSA) is 79.4 Å². The van der Waals surface area contributed by atoms with Gasteiger partial charge in [0.1, 0.15) is 11.9 Å². The number of benzene rings is 1. The summed E-state index contributed by atoms with van der Waals surface area (Å²) in [6, 6.07) is 7.05. The van der Waals surface area contributed by atoms with Crippen LogP contribution in [0, 0.1) is 0 Å². The molecule has 0 aliphatic rings. The van der Waals surface area contributed by atoms with E-state index in [4.69, 9.17) is 9.47 Å². The quantitative estimate of drug-likeness (QED) is 0.0783. The molecule has 246 valence electrons. The molecule has 0 aliphatic carbocycles. The fourth-order valence-corrected chi connectivity index (χ4v) is 5.77. The van der Waals surface area contributed by atoms with Gasteiger partial charge in [-0.15, -0.1) is 0 Å². The lowest BCUT2D eigenvalue weighted by atomic mass is 10.0. The zero-order chi connectivity index (χ0) is 31.7. The van der Waals surface area contributed by atoms with Crippen LogP contribution in [0.25, 0.3) is 0 Å². The molecule has 1 aromatic carbocycles. The Morgan fingerprint density at radius 2 is 1.35 bits per heavy atom. The summed E-state index contributed by atoms with van der Waals surface area (Å²) in [7, 11) is 5.73. The maximum atomic E-state index is 13.2. The number of amides is 2. The van der Waals surface area contributed by atoms with Gasteiger partial charge in [0, 0.05) is 33.1 Å². The van der Waals surface area contributed by atoms with E-state index in [1.165, 1.54) is 37.2 Å². The van der Waals surface area contributed by atoms with Crippen LogP contribution in [0.5, 0.6) is 5.75 Å². The molecular formula is C33H57N3O5S2. The van der Waals surface area contributed by atoms with Crippen molar-refractivity contribution in [3.8, 4) is 5.75 Å². The molecule has 43 heavy (non-hydrogen) atoms. The van der Waals surface area contributed by atoms with E-state index in [1.807, 2.05) is 49.8 Å². The predicted octanol–water partition coefficient (Wildman–Crippen LogP) is 7.13. The standard InChI is InChI=1S/C33H57N3O5S2/c1-34(2)22-15-23-35(3)33(39)41-30-20-18-29(19-21-30)31(40-28-37)16-14-17-32(38)36(24-10-6-8-12-26-42-4)25-11-7-9-13-27-43-5/h18-21,28,31H,6-17,22-27H2,1-5H3. The van der Waals surface area contributed by atoms with E-state index < -0.39 is 12.2 Å². The smallest absolute Gasteiger partial charge is 0.414 e. The highest BCUT2D eigenvalue weighted by molar-refractivity contribution is 7.98. The first-order valence-electron chi connectivity index (χ1n) is 15.8. The molecule has 0 aliphatic heterocycles. The van der Waals surface area contributed by atoms with Crippen LogP contribution in [0.15, 0.2) is 24.3 Å².